The summed E-state index contributed by atoms with van der Waals surface area (Å²) in [6, 6.07) is 2.05. The van der Waals surface area contributed by atoms with E-state index in [1.807, 2.05) is 13.0 Å². The zero-order chi connectivity index (χ0) is 15.7. The summed E-state index contributed by atoms with van der Waals surface area (Å²) in [5.74, 6) is 1.59. The van der Waals surface area contributed by atoms with Gasteiger partial charge < -0.3 is 9.84 Å². The van der Waals surface area contributed by atoms with Crippen LogP contribution >= 0.6 is 15.9 Å². The second kappa shape index (κ2) is 6.16. The first-order valence-electron chi connectivity index (χ1n) is 7.78. The standard InChI is InChI=1S/C16H21BrN2O3/c1-2-16(21)8-12(9-16)19-14(20)4-3-11-7-13(22-6-5-17)10-18-15(11)19/h7,10,12,21H,2-6,8-9H2,1H3. The van der Waals surface area contributed by atoms with Gasteiger partial charge in [-0.3, -0.25) is 9.69 Å². The summed E-state index contributed by atoms with van der Waals surface area (Å²) in [6.45, 7) is 2.57. The Balaban J connectivity index is 1.80. The highest BCUT2D eigenvalue weighted by Crippen LogP contribution is 2.42. The molecule has 1 aliphatic carbocycles. The van der Waals surface area contributed by atoms with Gasteiger partial charge in [0.1, 0.15) is 11.6 Å². The van der Waals surface area contributed by atoms with Gasteiger partial charge in [0.2, 0.25) is 5.91 Å². The summed E-state index contributed by atoms with van der Waals surface area (Å²) in [5, 5.41) is 11.0. The summed E-state index contributed by atoms with van der Waals surface area (Å²) in [5.41, 5.74) is 0.445. The van der Waals surface area contributed by atoms with Gasteiger partial charge in [-0.1, -0.05) is 22.9 Å². The average molecular weight is 369 g/mol. The molecule has 0 bridgehead atoms. The monoisotopic (exact) mass is 368 g/mol. The highest BCUT2D eigenvalue weighted by atomic mass is 79.9. The largest absolute Gasteiger partial charge is 0.491 e. The Kier molecular flexibility index (Phi) is 4.41. The van der Waals surface area contributed by atoms with Crippen LogP contribution < -0.4 is 9.64 Å². The smallest absolute Gasteiger partial charge is 0.228 e. The molecule has 2 aliphatic rings. The number of amides is 1. The van der Waals surface area contributed by atoms with Crippen molar-refractivity contribution in [2.75, 3.05) is 16.8 Å². The molecule has 5 nitrogen and oxygen atoms in total. The van der Waals surface area contributed by atoms with Gasteiger partial charge >= 0.3 is 0 Å². The highest BCUT2D eigenvalue weighted by molar-refractivity contribution is 9.09. The maximum absolute atomic E-state index is 12.3. The molecule has 1 aromatic rings. The fraction of sp³-hybridized carbons (Fsp3) is 0.625. The lowest BCUT2D eigenvalue weighted by Gasteiger charge is -2.49. The highest BCUT2D eigenvalue weighted by Gasteiger charge is 2.47. The van der Waals surface area contributed by atoms with E-state index in [0.717, 1.165) is 28.9 Å². The second-order valence-electron chi connectivity index (χ2n) is 6.09. The predicted octanol–water partition coefficient (Wildman–Crippen LogP) is 2.44. The number of aryl methyl sites for hydroxylation is 1. The zero-order valence-electron chi connectivity index (χ0n) is 12.7. The van der Waals surface area contributed by atoms with Crippen LogP contribution in [-0.4, -0.2) is 39.6 Å². The fourth-order valence-electron chi connectivity index (χ4n) is 3.26. The molecule has 1 aromatic heterocycles. The number of ether oxygens (including phenoxy) is 1. The van der Waals surface area contributed by atoms with Gasteiger partial charge in [-0.15, -0.1) is 0 Å². The number of carbonyl (C=O) groups excluding carboxylic acids is 1. The van der Waals surface area contributed by atoms with Crippen molar-refractivity contribution in [2.24, 2.45) is 0 Å². The van der Waals surface area contributed by atoms with Crippen LogP contribution in [0.15, 0.2) is 12.3 Å². The number of fused-ring (bicyclic) bond motifs is 1. The minimum absolute atomic E-state index is 0.0679. The van der Waals surface area contributed by atoms with Crippen molar-refractivity contribution in [1.82, 2.24) is 4.98 Å². The van der Waals surface area contributed by atoms with Gasteiger partial charge in [0.15, 0.2) is 0 Å². The summed E-state index contributed by atoms with van der Waals surface area (Å²) < 4.78 is 5.58. The van der Waals surface area contributed by atoms with Crippen molar-refractivity contribution in [1.29, 1.82) is 0 Å². The number of carbonyl (C=O) groups is 1. The third-order valence-corrected chi connectivity index (χ3v) is 4.95. The van der Waals surface area contributed by atoms with Crippen LogP contribution in [-0.2, 0) is 11.2 Å². The number of anilines is 1. The van der Waals surface area contributed by atoms with Crippen molar-refractivity contribution in [3.63, 3.8) is 0 Å². The van der Waals surface area contributed by atoms with Crippen molar-refractivity contribution < 1.29 is 14.6 Å². The quantitative estimate of drug-likeness (QED) is 0.810. The molecule has 6 heteroatoms. The number of rotatable bonds is 5. The maximum atomic E-state index is 12.3. The van der Waals surface area contributed by atoms with Crippen LogP contribution in [0.1, 0.15) is 38.2 Å². The van der Waals surface area contributed by atoms with E-state index in [2.05, 4.69) is 20.9 Å². The van der Waals surface area contributed by atoms with E-state index in [0.29, 0.717) is 32.3 Å². The van der Waals surface area contributed by atoms with Crippen molar-refractivity contribution in [3.8, 4) is 5.75 Å². The molecule has 0 radical (unpaired) electrons. The van der Waals surface area contributed by atoms with Gasteiger partial charge in [-0.2, -0.15) is 0 Å². The van der Waals surface area contributed by atoms with Crippen LogP contribution in [0.2, 0.25) is 0 Å². The first-order chi connectivity index (χ1) is 10.6. The molecule has 1 fully saturated rings. The third-order valence-electron chi connectivity index (χ3n) is 4.62. The first-order valence-corrected chi connectivity index (χ1v) is 8.90. The molecule has 0 saturated heterocycles. The lowest BCUT2D eigenvalue weighted by Crippen LogP contribution is -2.58. The Hall–Kier alpha value is -1.14. The molecule has 2 heterocycles. The third kappa shape index (κ3) is 2.86. The number of hydrogen-bond donors (Lipinski definition) is 1. The van der Waals surface area contributed by atoms with Crippen molar-refractivity contribution >= 4 is 27.7 Å². The number of hydrogen-bond acceptors (Lipinski definition) is 4. The molecule has 1 saturated carbocycles. The summed E-state index contributed by atoms with van der Waals surface area (Å²) >= 11 is 3.33. The molecular weight excluding hydrogens is 348 g/mol. The van der Waals surface area contributed by atoms with Crippen LogP contribution in [0.3, 0.4) is 0 Å². The number of alkyl halides is 1. The Labute approximate surface area is 138 Å². The van der Waals surface area contributed by atoms with E-state index in [1.54, 1.807) is 11.1 Å². The second-order valence-corrected chi connectivity index (χ2v) is 6.89. The number of aliphatic hydroxyl groups is 1. The lowest BCUT2D eigenvalue weighted by molar-refractivity contribution is -0.122. The van der Waals surface area contributed by atoms with Crippen LogP contribution in [0.25, 0.3) is 0 Å². The molecular formula is C16H21BrN2O3. The molecule has 3 rings (SSSR count). The SMILES string of the molecule is CCC1(O)CC(N2C(=O)CCc3cc(OCCBr)cnc32)C1. The zero-order valence-corrected chi connectivity index (χ0v) is 14.3. The van der Waals surface area contributed by atoms with Gasteiger partial charge in [0, 0.05) is 17.8 Å². The summed E-state index contributed by atoms with van der Waals surface area (Å²) in [4.78, 5) is 18.6. The van der Waals surface area contributed by atoms with E-state index >= 15 is 0 Å². The van der Waals surface area contributed by atoms with Gasteiger partial charge in [-0.25, -0.2) is 4.98 Å². The van der Waals surface area contributed by atoms with Crippen LogP contribution in [0, 0.1) is 0 Å². The number of aromatic nitrogens is 1. The number of pyridine rings is 1. The Morgan fingerprint density at radius 1 is 1.50 bits per heavy atom. The van der Waals surface area contributed by atoms with Gasteiger partial charge in [0.25, 0.3) is 0 Å². The molecule has 0 atom stereocenters. The molecule has 120 valence electrons. The van der Waals surface area contributed by atoms with Crippen molar-refractivity contribution in [3.05, 3.63) is 17.8 Å². The molecule has 1 aliphatic heterocycles. The van der Waals surface area contributed by atoms with Crippen LogP contribution in [0.4, 0.5) is 5.82 Å². The Morgan fingerprint density at radius 2 is 2.27 bits per heavy atom. The first kappa shape index (κ1) is 15.7. The number of halogens is 1. The van der Waals surface area contributed by atoms with E-state index in [-0.39, 0.29) is 11.9 Å². The van der Waals surface area contributed by atoms with Crippen LogP contribution in [0.5, 0.6) is 5.75 Å². The molecule has 1 N–H and O–H groups in total. The topological polar surface area (TPSA) is 62.7 Å². The molecule has 22 heavy (non-hydrogen) atoms. The summed E-state index contributed by atoms with van der Waals surface area (Å²) in [6.07, 6.45) is 4.88. The molecule has 0 aromatic carbocycles. The molecule has 1 amide bonds. The van der Waals surface area contributed by atoms with E-state index < -0.39 is 5.60 Å². The van der Waals surface area contributed by atoms with Crippen molar-refractivity contribution in [2.45, 2.75) is 50.7 Å². The van der Waals surface area contributed by atoms with E-state index in [1.165, 1.54) is 0 Å². The molecule has 0 unspecified atom stereocenters. The minimum atomic E-state index is -0.610. The van der Waals surface area contributed by atoms with E-state index in [4.69, 9.17) is 4.74 Å². The normalized spacial score (nSPS) is 27.3. The lowest BCUT2D eigenvalue weighted by atomic mass is 9.73. The number of nitrogens with zero attached hydrogens (tertiary/aromatic N) is 2. The van der Waals surface area contributed by atoms with E-state index in [9.17, 15) is 9.90 Å². The maximum Gasteiger partial charge on any atom is 0.228 e. The predicted molar refractivity (Wildman–Crippen MR) is 87.6 cm³/mol. The summed E-state index contributed by atoms with van der Waals surface area (Å²) in [7, 11) is 0. The van der Waals surface area contributed by atoms with Gasteiger partial charge in [-0.05, 0) is 37.3 Å². The molecule has 0 spiro atoms. The van der Waals surface area contributed by atoms with Gasteiger partial charge in [0.05, 0.1) is 18.4 Å². The average Bonchev–Trinajstić information content (AvgIpc) is 2.50. The Morgan fingerprint density at radius 3 is 2.95 bits per heavy atom. The fourth-order valence-corrected chi connectivity index (χ4v) is 3.42. The minimum Gasteiger partial charge on any atom is -0.491 e. The Bertz CT molecular complexity index is 573.